The molecule has 122 valence electrons. The molecule has 0 aromatic carbocycles. The van der Waals surface area contributed by atoms with Gasteiger partial charge in [0.2, 0.25) is 12.1 Å². The van der Waals surface area contributed by atoms with Gasteiger partial charge in [-0.15, -0.1) is 13.2 Å². The number of hydrogen-bond acceptors (Lipinski definition) is 5. The summed E-state index contributed by atoms with van der Waals surface area (Å²) in [6.45, 7) is 15.7. The van der Waals surface area contributed by atoms with Gasteiger partial charge in [0.25, 0.3) is 0 Å². The number of hydrogen-bond donors (Lipinski definition) is 0. The maximum absolute atomic E-state index is 11.3. The Kier molecular flexibility index (Phi) is 11.1. The van der Waals surface area contributed by atoms with E-state index in [1.807, 2.05) is 33.8 Å². The highest BCUT2D eigenvalue weighted by Crippen LogP contribution is 2.24. The van der Waals surface area contributed by atoms with E-state index in [4.69, 9.17) is 18.9 Å². The minimum Gasteiger partial charge on any atom is -0.353 e. The molecule has 0 N–H and O–H groups in total. The Morgan fingerprint density at radius 2 is 1.86 bits per heavy atom. The average molecular weight is 300 g/mol. The molecule has 2 bridgehead atoms. The first kappa shape index (κ1) is 20.0. The highest BCUT2D eigenvalue weighted by molar-refractivity contribution is 5.98. The van der Waals surface area contributed by atoms with Crippen LogP contribution in [-0.4, -0.2) is 44.3 Å². The number of fused-ring (bicyclic) bond motifs is 2. The third kappa shape index (κ3) is 7.00. The van der Waals surface area contributed by atoms with Gasteiger partial charge in [0.15, 0.2) is 6.29 Å². The van der Waals surface area contributed by atoms with Crippen LogP contribution in [0.3, 0.4) is 0 Å². The number of ketones is 1. The lowest BCUT2D eigenvalue weighted by atomic mass is 10.1. The summed E-state index contributed by atoms with van der Waals surface area (Å²) >= 11 is 0. The van der Waals surface area contributed by atoms with Crippen molar-refractivity contribution in [2.24, 2.45) is 0 Å². The number of rotatable bonds is 5. The molecule has 1 saturated heterocycles. The largest absolute Gasteiger partial charge is 0.353 e. The number of carbonyl (C=O) groups is 1. The molecule has 0 aromatic heterocycles. The molecular weight excluding hydrogens is 272 g/mol. The number of ether oxygens (including phenoxy) is 4. The monoisotopic (exact) mass is 300 g/mol. The van der Waals surface area contributed by atoms with Gasteiger partial charge in [-0.05, 0) is 38.8 Å². The van der Waals surface area contributed by atoms with Crippen LogP contribution in [0.15, 0.2) is 24.8 Å². The average Bonchev–Trinajstić information content (AvgIpc) is 2.90. The summed E-state index contributed by atoms with van der Waals surface area (Å²) < 4.78 is 20.4. The maximum Gasteiger partial charge on any atom is 0.223 e. The van der Waals surface area contributed by atoms with Crippen LogP contribution in [0.5, 0.6) is 0 Å². The Morgan fingerprint density at radius 3 is 2.33 bits per heavy atom. The quantitative estimate of drug-likeness (QED) is 0.577. The van der Waals surface area contributed by atoms with E-state index in [2.05, 4.69) is 13.2 Å². The summed E-state index contributed by atoms with van der Waals surface area (Å²) in [4.78, 5) is 11.3. The first-order chi connectivity index (χ1) is 10.1. The van der Waals surface area contributed by atoms with Gasteiger partial charge >= 0.3 is 0 Å². The molecular formula is C16H28O5. The minimum atomic E-state index is -0.597. The molecule has 2 aliphatic rings. The summed E-state index contributed by atoms with van der Waals surface area (Å²) in [5.41, 5.74) is 0.851. The third-order valence-corrected chi connectivity index (χ3v) is 2.81. The lowest BCUT2D eigenvalue weighted by Crippen LogP contribution is -2.27. The SMILES string of the molecule is C=C.CCC1=C[C@H]2CO[C@H](O2)C1=O.CCOC(C)OCC. The molecule has 2 rings (SSSR count). The van der Waals surface area contributed by atoms with E-state index in [0.717, 1.165) is 25.2 Å². The Labute approximate surface area is 127 Å². The Morgan fingerprint density at radius 1 is 1.29 bits per heavy atom. The van der Waals surface area contributed by atoms with Gasteiger partial charge in [-0.1, -0.05) is 6.92 Å². The molecule has 21 heavy (non-hydrogen) atoms. The van der Waals surface area contributed by atoms with E-state index in [1.165, 1.54) is 0 Å². The molecule has 2 atom stereocenters. The number of carbonyl (C=O) groups excluding carboxylic acids is 1. The lowest BCUT2D eigenvalue weighted by molar-refractivity contribution is -0.143. The Hall–Kier alpha value is -1.01. The van der Waals surface area contributed by atoms with Crippen molar-refractivity contribution < 1.29 is 23.7 Å². The van der Waals surface area contributed by atoms with Crippen LogP contribution in [0.4, 0.5) is 0 Å². The lowest BCUT2D eigenvalue weighted by Gasteiger charge is -2.15. The summed E-state index contributed by atoms with van der Waals surface area (Å²) in [5.74, 6) is 0.00116. The number of Topliss-reactive ketones (excluding diaryl/α,β-unsaturated/α-hetero) is 1. The highest BCUT2D eigenvalue weighted by atomic mass is 16.7. The first-order valence-electron chi connectivity index (χ1n) is 7.37. The maximum atomic E-state index is 11.3. The van der Waals surface area contributed by atoms with Crippen LogP contribution < -0.4 is 0 Å². The fourth-order valence-electron chi connectivity index (χ4n) is 1.91. The van der Waals surface area contributed by atoms with Crippen LogP contribution in [0.1, 0.15) is 34.1 Å². The van der Waals surface area contributed by atoms with Crippen molar-refractivity contribution in [2.75, 3.05) is 19.8 Å². The topological polar surface area (TPSA) is 54.0 Å². The van der Waals surface area contributed by atoms with E-state index >= 15 is 0 Å². The van der Waals surface area contributed by atoms with Crippen molar-refractivity contribution in [3.63, 3.8) is 0 Å². The molecule has 2 heterocycles. The van der Waals surface area contributed by atoms with Crippen LogP contribution in [0.2, 0.25) is 0 Å². The van der Waals surface area contributed by atoms with Crippen molar-refractivity contribution in [2.45, 2.75) is 52.8 Å². The van der Waals surface area contributed by atoms with E-state index in [9.17, 15) is 4.79 Å². The molecule has 0 radical (unpaired) electrons. The van der Waals surface area contributed by atoms with Crippen molar-refractivity contribution in [1.29, 1.82) is 0 Å². The molecule has 5 nitrogen and oxygen atoms in total. The Bertz CT molecular complexity index is 321. The van der Waals surface area contributed by atoms with Crippen molar-refractivity contribution in [3.8, 4) is 0 Å². The van der Waals surface area contributed by atoms with Crippen LogP contribution in [0, 0.1) is 0 Å². The second kappa shape index (κ2) is 11.6. The van der Waals surface area contributed by atoms with E-state index in [-0.39, 0.29) is 18.2 Å². The highest BCUT2D eigenvalue weighted by Gasteiger charge is 2.36. The first-order valence-corrected chi connectivity index (χ1v) is 7.37. The van der Waals surface area contributed by atoms with Crippen LogP contribution >= 0.6 is 0 Å². The van der Waals surface area contributed by atoms with Crippen molar-refractivity contribution >= 4 is 5.78 Å². The Balaban J connectivity index is 0.000000358. The standard InChI is InChI=1S/C8H10O3.C6H14O2.C2H4/c1-2-5-3-6-4-10-8(11-6)7(5)9;1-4-7-6(3)8-5-2;1-2/h3,6,8H,2,4H2,1H3;6H,4-5H2,1-3H3;1-2H2/t6-,8+;;/m0../s1. The molecule has 0 aliphatic carbocycles. The molecule has 0 saturated carbocycles. The van der Waals surface area contributed by atoms with Gasteiger partial charge in [-0.3, -0.25) is 4.79 Å². The summed E-state index contributed by atoms with van der Waals surface area (Å²) in [5, 5.41) is 0. The zero-order chi connectivity index (χ0) is 16.3. The van der Waals surface area contributed by atoms with Gasteiger partial charge in [0, 0.05) is 13.2 Å². The van der Waals surface area contributed by atoms with Gasteiger partial charge in [0.05, 0.1) is 6.61 Å². The molecule has 2 aliphatic heterocycles. The van der Waals surface area contributed by atoms with Gasteiger partial charge in [0.1, 0.15) is 6.10 Å². The smallest absolute Gasteiger partial charge is 0.223 e. The third-order valence-electron chi connectivity index (χ3n) is 2.81. The fourth-order valence-corrected chi connectivity index (χ4v) is 1.91. The molecule has 0 unspecified atom stereocenters. The second-order valence-electron chi connectivity index (χ2n) is 4.23. The van der Waals surface area contributed by atoms with E-state index in [1.54, 1.807) is 0 Å². The zero-order valence-corrected chi connectivity index (χ0v) is 13.6. The molecule has 1 fully saturated rings. The van der Waals surface area contributed by atoms with Gasteiger partial charge in [-0.2, -0.15) is 0 Å². The summed E-state index contributed by atoms with van der Waals surface area (Å²) in [7, 11) is 0. The molecule has 0 aromatic rings. The van der Waals surface area contributed by atoms with Crippen molar-refractivity contribution in [1.82, 2.24) is 0 Å². The predicted octanol–water partition coefficient (Wildman–Crippen LogP) is 2.85. The van der Waals surface area contributed by atoms with Crippen molar-refractivity contribution in [3.05, 3.63) is 24.8 Å². The molecule has 0 amide bonds. The summed E-state index contributed by atoms with van der Waals surface area (Å²) in [6, 6.07) is 0. The molecule has 0 spiro atoms. The van der Waals surface area contributed by atoms with Crippen LogP contribution in [-0.2, 0) is 23.7 Å². The van der Waals surface area contributed by atoms with E-state index in [0.29, 0.717) is 6.61 Å². The fraction of sp³-hybridized carbons (Fsp3) is 0.688. The zero-order valence-electron chi connectivity index (χ0n) is 13.6. The van der Waals surface area contributed by atoms with Gasteiger partial charge < -0.3 is 18.9 Å². The van der Waals surface area contributed by atoms with E-state index < -0.39 is 6.29 Å². The minimum absolute atomic E-state index is 0.00116. The predicted molar refractivity (Wildman–Crippen MR) is 82.0 cm³/mol. The van der Waals surface area contributed by atoms with Crippen LogP contribution in [0.25, 0.3) is 0 Å². The van der Waals surface area contributed by atoms with Gasteiger partial charge in [-0.25, -0.2) is 0 Å². The summed E-state index contributed by atoms with van der Waals surface area (Å²) in [6.07, 6.45) is 2.03. The second-order valence-corrected chi connectivity index (χ2v) is 4.23. The molecule has 5 heteroatoms. The normalized spacial score (nSPS) is 22.9.